The van der Waals surface area contributed by atoms with Crippen LogP contribution < -0.4 is 19.5 Å². The Morgan fingerprint density at radius 1 is 0.967 bits per heavy atom. The van der Waals surface area contributed by atoms with Crippen LogP contribution in [0.5, 0.6) is 17.2 Å². The molecule has 30 heavy (non-hydrogen) atoms. The molecule has 0 unspecified atom stereocenters. The van der Waals surface area contributed by atoms with Crippen molar-refractivity contribution in [1.29, 1.82) is 5.26 Å². The number of ether oxygens (including phenoxy) is 3. The lowest BCUT2D eigenvalue weighted by Crippen LogP contribution is -2.20. The summed E-state index contributed by atoms with van der Waals surface area (Å²) in [4.78, 5) is 12.5. The fourth-order valence-corrected chi connectivity index (χ4v) is 3.20. The summed E-state index contributed by atoms with van der Waals surface area (Å²) in [6.45, 7) is -0.246. The summed E-state index contributed by atoms with van der Waals surface area (Å²) in [5.41, 5.74) is 2.31. The number of carbonyl (C=O) groups is 1. The molecular formula is C23H18N2O5. The van der Waals surface area contributed by atoms with Crippen LogP contribution in [0.15, 0.2) is 59.0 Å². The quantitative estimate of drug-likeness (QED) is 0.511. The molecule has 0 saturated heterocycles. The van der Waals surface area contributed by atoms with Crippen LogP contribution in [0.2, 0.25) is 0 Å². The Labute approximate surface area is 172 Å². The predicted octanol–water partition coefficient (Wildman–Crippen LogP) is 4.49. The van der Waals surface area contributed by atoms with Crippen LogP contribution in [0.4, 0.5) is 5.69 Å². The zero-order chi connectivity index (χ0) is 21.1. The second-order valence-electron chi connectivity index (χ2n) is 6.46. The van der Waals surface area contributed by atoms with Gasteiger partial charge in [0, 0.05) is 22.9 Å². The molecule has 0 aliphatic heterocycles. The number of hydrogen-bond acceptors (Lipinski definition) is 6. The Morgan fingerprint density at radius 3 is 2.53 bits per heavy atom. The topological polar surface area (TPSA) is 93.7 Å². The first-order chi connectivity index (χ1) is 14.6. The summed E-state index contributed by atoms with van der Waals surface area (Å²) in [7, 11) is 3.01. The highest BCUT2D eigenvalue weighted by Crippen LogP contribution is 2.36. The molecule has 0 bridgehead atoms. The van der Waals surface area contributed by atoms with Gasteiger partial charge in [-0.2, -0.15) is 5.26 Å². The van der Waals surface area contributed by atoms with E-state index in [9.17, 15) is 4.79 Å². The van der Waals surface area contributed by atoms with E-state index in [-0.39, 0.29) is 12.5 Å². The Bertz CT molecular complexity index is 1290. The molecule has 0 spiro atoms. The van der Waals surface area contributed by atoms with Crippen molar-refractivity contribution in [2.75, 3.05) is 26.1 Å². The molecule has 4 rings (SSSR count). The van der Waals surface area contributed by atoms with Gasteiger partial charge in [0.15, 0.2) is 18.1 Å². The van der Waals surface area contributed by atoms with Gasteiger partial charge < -0.3 is 23.9 Å². The van der Waals surface area contributed by atoms with E-state index < -0.39 is 0 Å². The molecule has 0 radical (unpaired) electrons. The monoisotopic (exact) mass is 402 g/mol. The zero-order valence-corrected chi connectivity index (χ0v) is 16.4. The van der Waals surface area contributed by atoms with E-state index in [0.717, 1.165) is 16.4 Å². The number of furan rings is 1. The number of anilines is 1. The lowest BCUT2D eigenvalue weighted by molar-refractivity contribution is -0.118. The van der Waals surface area contributed by atoms with E-state index in [1.165, 1.54) is 14.2 Å². The van der Waals surface area contributed by atoms with Crippen LogP contribution in [0.3, 0.4) is 0 Å². The number of amides is 1. The van der Waals surface area contributed by atoms with E-state index in [2.05, 4.69) is 5.32 Å². The van der Waals surface area contributed by atoms with E-state index in [1.54, 1.807) is 24.3 Å². The first-order valence-electron chi connectivity index (χ1n) is 9.13. The summed E-state index contributed by atoms with van der Waals surface area (Å²) in [6, 6.07) is 18.0. The number of fused-ring (bicyclic) bond motifs is 3. The maximum absolute atomic E-state index is 12.5. The summed E-state index contributed by atoms with van der Waals surface area (Å²) in [6.07, 6.45) is 0. The molecule has 1 amide bonds. The number of methoxy groups -OCH3 is 2. The maximum Gasteiger partial charge on any atom is 0.262 e. The van der Waals surface area contributed by atoms with Crippen molar-refractivity contribution in [3.05, 3.63) is 60.2 Å². The summed E-state index contributed by atoms with van der Waals surface area (Å²) >= 11 is 0. The number of hydrogen-bond donors (Lipinski definition) is 1. The van der Waals surface area contributed by atoms with Crippen molar-refractivity contribution in [3.8, 4) is 23.3 Å². The van der Waals surface area contributed by atoms with E-state index in [1.807, 2.05) is 36.4 Å². The van der Waals surface area contributed by atoms with Gasteiger partial charge in [-0.15, -0.1) is 0 Å². The van der Waals surface area contributed by atoms with Crippen molar-refractivity contribution in [3.63, 3.8) is 0 Å². The van der Waals surface area contributed by atoms with Crippen molar-refractivity contribution in [2.45, 2.75) is 0 Å². The SMILES string of the molecule is COc1cc2c(cc1NC(=O)COc1ccc(C#N)cc1OC)oc1ccccc12. The van der Waals surface area contributed by atoms with Gasteiger partial charge in [0.2, 0.25) is 0 Å². The molecule has 3 aromatic carbocycles. The normalized spacial score (nSPS) is 10.6. The fourth-order valence-electron chi connectivity index (χ4n) is 3.20. The molecule has 7 heteroatoms. The molecule has 1 N–H and O–H groups in total. The summed E-state index contributed by atoms with van der Waals surface area (Å²) in [5.74, 6) is 0.878. The van der Waals surface area contributed by atoms with Gasteiger partial charge in [-0.1, -0.05) is 18.2 Å². The number of para-hydroxylation sites is 1. The standard InChI is InChI=1S/C23H18N2O5/c1-27-21-10-16-15-5-3-4-6-18(15)30-20(16)11-17(21)25-23(26)13-29-19-8-7-14(12-24)9-22(19)28-2/h3-11H,13H2,1-2H3,(H,25,26). The second-order valence-corrected chi connectivity index (χ2v) is 6.46. The highest BCUT2D eigenvalue weighted by Gasteiger charge is 2.15. The van der Waals surface area contributed by atoms with Gasteiger partial charge >= 0.3 is 0 Å². The van der Waals surface area contributed by atoms with Crippen LogP contribution in [-0.2, 0) is 4.79 Å². The molecular weight excluding hydrogens is 384 g/mol. The van der Waals surface area contributed by atoms with Crippen molar-refractivity contribution >= 4 is 33.5 Å². The van der Waals surface area contributed by atoms with Gasteiger partial charge in [0.25, 0.3) is 5.91 Å². The third-order valence-corrected chi connectivity index (χ3v) is 4.62. The van der Waals surface area contributed by atoms with Crippen LogP contribution in [0, 0.1) is 11.3 Å². The molecule has 0 atom stereocenters. The predicted molar refractivity (Wildman–Crippen MR) is 112 cm³/mol. The van der Waals surface area contributed by atoms with Crippen LogP contribution >= 0.6 is 0 Å². The van der Waals surface area contributed by atoms with Gasteiger partial charge in [0.1, 0.15) is 16.9 Å². The Hall–Kier alpha value is -4.18. The first kappa shape index (κ1) is 19.2. The van der Waals surface area contributed by atoms with Gasteiger partial charge in [-0.3, -0.25) is 4.79 Å². The molecule has 0 aliphatic rings. The van der Waals surface area contributed by atoms with E-state index >= 15 is 0 Å². The zero-order valence-electron chi connectivity index (χ0n) is 16.4. The maximum atomic E-state index is 12.5. The van der Waals surface area contributed by atoms with Crippen molar-refractivity contribution < 1.29 is 23.4 Å². The smallest absolute Gasteiger partial charge is 0.262 e. The van der Waals surface area contributed by atoms with E-state index in [4.69, 9.17) is 23.9 Å². The molecule has 7 nitrogen and oxygen atoms in total. The number of rotatable bonds is 6. The molecule has 1 heterocycles. The average Bonchev–Trinajstić information content (AvgIpc) is 3.14. The number of nitrogens with zero attached hydrogens (tertiary/aromatic N) is 1. The molecule has 150 valence electrons. The summed E-state index contributed by atoms with van der Waals surface area (Å²) in [5, 5.41) is 13.6. The van der Waals surface area contributed by atoms with Crippen LogP contribution in [-0.4, -0.2) is 26.7 Å². The minimum absolute atomic E-state index is 0.246. The van der Waals surface area contributed by atoms with Crippen LogP contribution in [0.25, 0.3) is 21.9 Å². The molecule has 0 aliphatic carbocycles. The lowest BCUT2D eigenvalue weighted by Gasteiger charge is -2.12. The highest BCUT2D eigenvalue weighted by atomic mass is 16.5. The minimum Gasteiger partial charge on any atom is -0.495 e. The molecule has 0 fully saturated rings. The van der Waals surface area contributed by atoms with Crippen molar-refractivity contribution in [1.82, 2.24) is 0 Å². The molecule has 0 saturated carbocycles. The third-order valence-electron chi connectivity index (χ3n) is 4.62. The fraction of sp³-hybridized carbons (Fsp3) is 0.130. The van der Waals surface area contributed by atoms with Gasteiger partial charge in [-0.05, 0) is 24.3 Å². The Kier molecular flexibility index (Phi) is 5.14. The first-order valence-corrected chi connectivity index (χ1v) is 9.13. The Morgan fingerprint density at radius 2 is 1.77 bits per heavy atom. The largest absolute Gasteiger partial charge is 0.495 e. The Balaban J connectivity index is 1.54. The molecule has 4 aromatic rings. The second kappa shape index (κ2) is 8.05. The average molecular weight is 402 g/mol. The van der Waals surface area contributed by atoms with Gasteiger partial charge in [-0.25, -0.2) is 0 Å². The van der Waals surface area contributed by atoms with E-state index in [0.29, 0.717) is 34.1 Å². The van der Waals surface area contributed by atoms with Crippen molar-refractivity contribution in [2.24, 2.45) is 0 Å². The number of benzene rings is 3. The highest BCUT2D eigenvalue weighted by molar-refractivity contribution is 6.07. The molecule has 1 aromatic heterocycles. The summed E-state index contributed by atoms with van der Waals surface area (Å²) < 4.78 is 22.1. The lowest BCUT2D eigenvalue weighted by atomic mass is 10.1. The third kappa shape index (κ3) is 3.59. The van der Waals surface area contributed by atoms with Crippen LogP contribution in [0.1, 0.15) is 5.56 Å². The minimum atomic E-state index is -0.379. The number of nitrogens with one attached hydrogen (secondary N) is 1. The van der Waals surface area contributed by atoms with Gasteiger partial charge in [0.05, 0.1) is 31.5 Å². The number of nitriles is 1. The number of carbonyl (C=O) groups excluding carboxylic acids is 1.